The van der Waals surface area contributed by atoms with Gasteiger partial charge in [0.05, 0.1) is 31.0 Å². The number of rotatable bonds is 4. The summed E-state index contributed by atoms with van der Waals surface area (Å²) in [4.78, 5) is 38.0. The van der Waals surface area contributed by atoms with Crippen molar-refractivity contribution in [1.82, 2.24) is 0 Å². The molecular formula is C22H31FO5. The number of hydrogen-bond acceptors (Lipinski definition) is 5. The lowest BCUT2D eigenvalue weighted by atomic mass is 9.46. The molecule has 3 fully saturated rings. The second-order valence-corrected chi connectivity index (χ2v) is 9.42. The zero-order valence-corrected chi connectivity index (χ0v) is 17.3. The van der Waals surface area contributed by atoms with E-state index in [2.05, 4.69) is 6.58 Å². The van der Waals surface area contributed by atoms with Crippen LogP contribution in [-0.4, -0.2) is 38.6 Å². The third-order valence-electron chi connectivity index (χ3n) is 8.19. The molecule has 7 atom stereocenters. The number of halogens is 1. The number of carbonyl (C=O) groups excluding carboxylic acids is 3. The van der Waals surface area contributed by atoms with Crippen molar-refractivity contribution in [3.63, 3.8) is 0 Å². The van der Waals surface area contributed by atoms with E-state index in [9.17, 15) is 14.4 Å². The number of aldehydes is 1. The van der Waals surface area contributed by atoms with Crippen LogP contribution in [0.25, 0.3) is 0 Å². The normalized spacial score (nSPS) is 45.4. The molecule has 0 aromatic heterocycles. The molecule has 5 nitrogen and oxygen atoms in total. The number of hydrogen-bond donors (Lipinski definition) is 0. The van der Waals surface area contributed by atoms with Gasteiger partial charge in [-0.25, -0.2) is 4.39 Å². The Morgan fingerprint density at radius 2 is 1.86 bits per heavy atom. The molecule has 0 radical (unpaired) electrons. The molecule has 3 aliphatic rings. The third-order valence-corrected chi connectivity index (χ3v) is 8.19. The van der Waals surface area contributed by atoms with Crippen LogP contribution in [0.15, 0.2) is 12.2 Å². The van der Waals surface area contributed by atoms with Gasteiger partial charge in [0.15, 0.2) is 0 Å². The minimum atomic E-state index is -1.41. The predicted octanol–water partition coefficient (Wildman–Crippen LogP) is 3.65. The SMILES string of the molecule is C=C1[C@@H]2CC[C@@H]([C@]3(C)CCC[C@@](C)(C(=O)OC)[C@H]3C(=O)OC)[C@@](C=O)(C2)[C@H]1F. The number of methoxy groups -OCH3 is 2. The first-order valence-corrected chi connectivity index (χ1v) is 10.1. The molecule has 2 bridgehead atoms. The zero-order valence-electron chi connectivity index (χ0n) is 17.3. The van der Waals surface area contributed by atoms with Crippen molar-refractivity contribution in [3.05, 3.63) is 12.2 Å². The van der Waals surface area contributed by atoms with Gasteiger partial charge in [-0.05, 0) is 61.9 Å². The number of alkyl halides is 1. The summed E-state index contributed by atoms with van der Waals surface area (Å²) in [6.45, 7) is 7.58. The predicted molar refractivity (Wildman–Crippen MR) is 101 cm³/mol. The fraction of sp³-hybridized carbons (Fsp3) is 0.773. The number of esters is 2. The molecule has 3 aliphatic carbocycles. The van der Waals surface area contributed by atoms with Gasteiger partial charge in [0.25, 0.3) is 0 Å². The summed E-state index contributed by atoms with van der Waals surface area (Å²) >= 11 is 0. The minimum Gasteiger partial charge on any atom is -0.469 e. The van der Waals surface area contributed by atoms with E-state index in [0.29, 0.717) is 37.7 Å². The first-order chi connectivity index (χ1) is 13.1. The number of allylic oxidation sites excluding steroid dienone is 1. The smallest absolute Gasteiger partial charge is 0.312 e. The fourth-order valence-electron chi connectivity index (χ4n) is 6.92. The van der Waals surface area contributed by atoms with E-state index in [1.807, 2.05) is 6.92 Å². The summed E-state index contributed by atoms with van der Waals surface area (Å²) in [5.74, 6) is -2.12. The number of carbonyl (C=O) groups is 3. The van der Waals surface area contributed by atoms with Crippen LogP contribution in [0.1, 0.15) is 52.4 Å². The van der Waals surface area contributed by atoms with Gasteiger partial charge in [-0.1, -0.05) is 19.9 Å². The van der Waals surface area contributed by atoms with Gasteiger partial charge in [-0.15, -0.1) is 0 Å². The fourth-order valence-corrected chi connectivity index (χ4v) is 6.92. The Balaban J connectivity index is 2.14. The number of fused-ring (bicyclic) bond motifs is 2. The summed E-state index contributed by atoms with van der Waals surface area (Å²) in [6, 6.07) is 0. The second-order valence-electron chi connectivity index (χ2n) is 9.42. The standard InChI is InChI=1S/C22H31FO5/c1-13-14-7-8-15(22(11-14,12-24)17(13)23)20(2)9-6-10-21(3,19(26)28-5)16(20)18(25)27-4/h12,14-17H,1,6-11H2,2-5H3/t14-,15+,16+,17+,20+,21-,22+/m1/s1. The molecule has 6 heteroatoms. The second kappa shape index (κ2) is 6.96. The van der Waals surface area contributed by atoms with Crippen LogP contribution in [0.5, 0.6) is 0 Å². The third kappa shape index (κ3) is 2.59. The van der Waals surface area contributed by atoms with E-state index in [-0.39, 0.29) is 11.8 Å². The highest BCUT2D eigenvalue weighted by Crippen LogP contribution is 2.67. The Morgan fingerprint density at radius 3 is 2.43 bits per heavy atom. The average molecular weight is 394 g/mol. The molecule has 0 unspecified atom stereocenters. The average Bonchev–Trinajstić information content (AvgIpc) is 2.88. The maximum atomic E-state index is 15.4. The van der Waals surface area contributed by atoms with Crippen molar-refractivity contribution in [3.8, 4) is 0 Å². The van der Waals surface area contributed by atoms with Gasteiger partial charge in [0.1, 0.15) is 12.5 Å². The first kappa shape index (κ1) is 21.0. The molecule has 0 aromatic carbocycles. The lowest BCUT2D eigenvalue weighted by molar-refractivity contribution is -0.188. The highest BCUT2D eigenvalue weighted by Gasteiger charge is 2.67. The van der Waals surface area contributed by atoms with E-state index >= 15 is 4.39 Å². The number of ether oxygens (including phenoxy) is 2. The summed E-state index contributed by atoms with van der Waals surface area (Å²) in [5, 5.41) is 0. The van der Waals surface area contributed by atoms with Gasteiger partial charge >= 0.3 is 11.9 Å². The Labute approximate surface area is 166 Å². The van der Waals surface area contributed by atoms with Crippen molar-refractivity contribution in [2.45, 2.75) is 58.5 Å². The van der Waals surface area contributed by atoms with Crippen molar-refractivity contribution >= 4 is 18.2 Å². The van der Waals surface area contributed by atoms with Gasteiger partial charge in [-0.3, -0.25) is 9.59 Å². The van der Waals surface area contributed by atoms with Crippen LogP contribution in [0, 0.1) is 34.0 Å². The van der Waals surface area contributed by atoms with Crippen molar-refractivity contribution in [2.24, 2.45) is 34.0 Å². The molecule has 0 aliphatic heterocycles. The van der Waals surface area contributed by atoms with Crippen molar-refractivity contribution in [2.75, 3.05) is 14.2 Å². The molecule has 0 heterocycles. The maximum Gasteiger partial charge on any atom is 0.312 e. The monoisotopic (exact) mass is 394 g/mol. The molecule has 3 saturated carbocycles. The Morgan fingerprint density at radius 1 is 1.18 bits per heavy atom. The van der Waals surface area contributed by atoms with E-state index in [0.717, 1.165) is 12.7 Å². The molecular weight excluding hydrogens is 363 g/mol. The quantitative estimate of drug-likeness (QED) is 0.413. The van der Waals surface area contributed by atoms with Crippen LogP contribution in [0.4, 0.5) is 4.39 Å². The lowest BCUT2D eigenvalue weighted by Crippen LogP contribution is -2.59. The minimum absolute atomic E-state index is 0.00667. The highest BCUT2D eigenvalue weighted by molar-refractivity contribution is 5.86. The van der Waals surface area contributed by atoms with Crippen LogP contribution >= 0.6 is 0 Å². The maximum absolute atomic E-state index is 15.4. The topological polar surface area (TPSA) is 69.7 Å². The van der Waals surface area contributed by atoms with Crippen LogP contribution < -0.4 is 0 Å². The molecule has 156 valence electrons. The van der Waals surface area contributed by atoms with Gasteiger partial charge in [0.2, 0.25) is 0 Å². The largest absolute Gasteiger partial charge is 0.469 e. The highest BCUT2D eigenvalue weighted by atomic mass is 19.1. The van der Waals surface area contributed by atoms with Gasteiger partial charge in [-0.2, -0.15) is 0 Å². The molecule has 28 heavy (non-hydrogen) atoms. The first-order valence-electron chi connectivity index (χ1n) is 10.1. The Bertz CT molecular complexity index is 705. The summed E-state index contributed by atoms with van der Waals surface area (Å²) in [5.41, 5.74) is -2.51. The lowest BCUT2D eigenvalue weighted by Gasteiger charge is -2.56. The van der Waals surface area contributed by atoms with Crippen LogP contribution in [0.2, 0.25) is 0 Å². The molecule has 0 spiro atoms. The Kier molecular flexibility index (Phi) is 5.22. The van der Waals surface area contributed by atoms with Crippen molar-refractivity contribution in [1.29, 1.82) is 0 Å². The molecule has 0 amide bonds. The zero-order chi connectivity index (χ0) is 20.9. The summed E-state index contributed by atoms with van der Waals surface area (Å²) in [6.07, 6.45) is 2.97. The van der Waals surface area contributed by atoms with Crippen molar-refractivity contribution < 1.29 is 28.2 Å². The Hall–Kier alpha value is -1.72. The molecule has 0 N–H and O–H groups in total. The van der Waals surface area contributed by atoms with Crippen LogP contribution in [-0.2, 0) is 23.9 Å². The van der Waals surface area contributed by atoms with Crippen LogP contribution in [0.3, 0.4) is 0 Å². The molecule has 3 rings (SSSR count). The van der Waals surface area contributed by atoms with E-state index < -0.39 is 40.3 Å². The summed E-state index contributed by atoms with van der Waals surface area (Å²) in [7, 11) is 2.61. The van der Waals surface area contributed by atoms with E-state index in [4.69, 9.17) is 9.47 Å². The molecule has 0 aromatic rings. The van der Waals surface area contributed by atoms with Gasteiger partial charge < -0.3 is 14.3 Å². The summed E-state index contributed by atoms with van der Waals surface area (Å²) < 4.78 is 25.6. The molecule has 0 saturated heterocycles. The van der Waals surface area contributed by atoms with E-state index in [1.54, 1.807) is 6.92 Å². The van der Waals surface area contributed by atoms with E-state index in [1.165, 1.54) is 14.2 Å². The van der Waals surface area contributed by atoms with Gasteiger partial charge in [0, 0.05) is 0 Å².